The second-order valence-electron chi connectivity index (χ2n) is 3.41. The average Bonchev–Trinajstić information content (AvgIpc) is 2.26. The third-order valence-corrected chi connectivity index (χ3v) is 2.37. The van der Waals surface area contributed by atoms with Crippen molar-refractivity contribution in [3.63, 3.8) is 0 Å². The molecule has 0 saturated carbocycles. The predicted molar refractivity (Wildman–Crippen MR) is 59.0 cm³/mol. The number of amides is 1. The molecular weight excluding hydrogens is 192 g/mol. The van der Waals surface area contributed by atoms with Crippen molar-refractivity contribution in [2.75, 3.05) is 19.9 Å². The number of benzene rings is 1. The number of hydrogen-bond acceptors (Lipinski definition) is 3. The van der Waals surface area contributed by atoms with E-state index in [1.807, 2.05) is 19.1 Å². The lowest BCUT2D eigenvalue weighted by Crippen LogP contribution is -2.29. The first kappa shape index (κ1) is 11.5. The number of nitrogens with two attached hydrogens (primary N) is 1. The van der Waals surface area contributed by atoms with Crippen LogP contribution in [0.4, 0.5) is 5.69 Å². The number of carbonyl (C=O) groups is 1. The fourth-order valence-electron chi connectivity index (χ4n) is 1.33. The van der Waals surface area contributed by atoms with Gasteiger partial charge in [-0.1, -0.05) is 12.1 Å². The van der Waals surface area contributed by atoms with Crippen molar-refractivity contribution in [3.05, 3.63) is 29.8 Å². The number of likely N-dealkylation sites (N-methyl/N-ethyl adjacent to an activating group) is 1. The van der Waals surface area contributed by atoms with Gasteiger partial charge in [-0.25, -0.2) is 5.06 Å². The summed E-state index contributed by atoms with van der Waals surface area (Å²) < 4.78 is 0. The van der Waals surface area contributed by atoms with Crippen molar-refractivity contribution in [2.45, 2.75) is 12.8 Å². The Kier molecular flexibility index (Phi) is 3.68. The first-order chi connectivity index (χ1) is 7.06. The molecule has 1 amide bonds. The Labute approximate surface area is 89.6 Å². The fraction of sp³-hybridized carbons (Fsp3) is 0.364. The molecule has 0 aliphatic rings. The Morgan fingerprint density at radius 3 is 2.73 bits per heavy atom. The second-order valence-corrected chi connectivity index (χ2v) is 3.41. The fourth-order valence-corrected chi connectivity index (χ4v) is 1.33. The molecular formula is C11H16N2O2. The van der Waals surface area contributed by atoms with E-state index in [1.165, 1.54) is 12.2 Å². The van der Waals surface area contributed by atoms with Crippen LogP contribution in [0.25, 0.3) is 0 Å². The first-order valence-electron chi connectivity index (χ1n) is 4.73. The molecule has 2 N–H and O–H groups in total. The van der Waals surface area contributed by atoms with Crippen LogP contribution in [0.5, 0.6) is 0 Å². The minimum absolute atomic E-state index is 0.0944. The molecule has 0 aliphatic carbocycles. The number of carbonyl (C=O) groups excluding carboxylic acids is 1. The maximum absolute atomic E-state index is 11.7. The van der Waals surface area contributed by atoms with Gasteiger partial charge in [-0.15, -0.1) is 0 Å². The summed E-state index contributed by atoms with van der Waals surface area (Å²) in [6, 6.07) is 7.30. The van der Waals surface area contributed by atoms with Crippen molar-refractivity contribution in [2.24, 2.45) is 0 Å². The summed E-state index contributed by atoms with van der Waals surface area (Å²) >= 11 is 0. The Morgan fingerprint density at radius 1 is 1.53 bits per heavy atom. The van der Waals surface area contributed by atoms with E-state index in [0.29, 0.717) is 5.69 Å². The molecule has 4 heteroatoms. The molecule has 1 aromatic rings. The molecule has 0 spiro atoms. The lowest BCUT2D eigenvalue weighted by molar-refractivity contribution is -0.170. The highest BCUT2D eigenvalue weighted by Crippen LogP contribution is 2.19. The minimum atomic E-state index is -0.251. The number of anilines is 1. The Hall–Kier alpha value is -1.55. The van der Waals surface area contributed by atoms with Gasteiger partial charge in [0.1, 0.15) is 0 Å². The maximum atomic E-state index is 11.7. The summed E-state index contributed by atoms with van der Waals surface area (Å²) in [5, 5.41) is 1.22. The SMILES string of the molecule is CON(C)C(=O)C(C)c1cccc(N)c1. The predicted octanol–water partition coefficient (Wildman–Crippen LogP) is 1.39. The average molecular weight is 208 g/mol. The molecule has 0 radical (unpaired) electrons. The second kappa shape index (κ2) is 4.79. The lowest BCUT2D eigenvalue weighted by Gasteiger charge is -2.19. The maximum Gasteiger partial charge on any atom is 0.253 e. The highest BCUT2D eigenvalue weighted by Gasteiger charge is 2.19. The van der Waals surface area contributed by atoms with Crippen molar-refractivity contribution in [1.29, 1.82) is 0 Å². The zero-order valence-corrected chi connectivity index (χ0v) is 9.23. The van der Waals surface area contributed by atoms with E-state index in [1.54, 1.807) is 19.2 Å². The highest BCUT2D eigenvalue weighted by atomic mass is 16.7. The van der Waals surface area contributed by atoms with Crippen molar-refractivity contribution >= 4 is 11.6 Å². The summed E-state index contributed by atoms with van der Waals surface area (Å²) in [4.78, 5) is 16.6. The summed E-state index contributed by atoms with van der Waals surface area (Å²) in [7, 11) is 3.05. The topological polar surface area (TPSA) is 55.6 Å². The van der Waals surface area contributed by atoms with Gasteiger partial charge >= 0.3 is 0 Å². The number of nitrogen functional groups attached to an aromatic ring is 1. The van der Waals surface area contributed by atoms with Crippen molar-refractivity contribution < 1.29 is 9.63 Å². The molecule has 82 valence electrons. The van der Waals surface area contributed by atoms with Gasteiger partial charge in [-0.2, -0.15) is 0 Å². The van der Waals surface area contributed by atoms with Crippen LogP contribution in [-0.2, 0) is 9.63 Å². The number of nitrogens with zero attached hydrogens (tertiary/aromatic N) is 1. The van der Waals surface area contributed by atoms with Crippen LogP contribution in [0.2, 0.25) is 0 Å². The van der Waals surface area contributed by atoms with Gasteiger partial charge in [0.05, 0.1) is 13.0 Å². The molecule has 1 rings (SSSR count). The van der Waals surface area contributed by atoms with Gasteiger partial charge in [0.25, 0.3) is 5.91 Å². The number of hydroxylamine groups is 2. The Balaban J connectivity index is 2.85. The molecule has 1 unspecified atom stereocenters. The van der Waals surface area contributed by atoms with E-state index in [-0.39, 0.29) is 11.8 Å². The van der Waals surface area contributed by atoms with Gasteiger partial charge in [-0.3, -0.25) is 9.63 Å². The van der Waals surface area contributed by atoms with Gasteiger partial charge in [0.2, 0.25) is 0 Å². The van der Waals surface area contributed by atoms with Gasteiger partial charge < -0.3 is 5.73 Å². The Morgan fingerprint density at radius 2 is 2.20 bits per heavy atom. The normalized spacial score (nSPS) is 12.2. The van der Waals surface area contributed by atoms with Crippen LogP contribution in [0, 0.1) is 0 Å². The molecule has 0 aliphatic heterocycles. The van der Waals surface area contributed by atoms with E-state index < -0.39 is 0 Å². The smallest absolute Gasteiger partial charge is 0.253 e. The zero-order chi connectivity index (χ0) is 11.4. The molecule has 0 heterocycles. The molecule has 4 nitrogen and oxygen atoms in total. The third-order valence-electron chi connectivity index (χ3n) is 2.37. The van der Waals surface area contributed by atoms with Crippen LogP contribution >= 0.6 is 0 Å². The monoisotopic (exact) mass is 208 g/mol. The van der Waals surface area contributed by atoms with E-state index in [4.69, 9.17) is 10.6 Å². The molecule has 0 aromatic heterocycles. The van der Waals surface area contributed by atoms with Crippen molar-refractivity contribution in [3.8, 4) is 0 Å². The van der Waals surface area contributed by atoms with E-state index in [0.717, 1.165) is 5.56 Å². The third kappa shape index (κ3) is 2.70. The largest absolute Gasteiger partial charge is 0.399 e. The minimum Gasteiger partial charge on any atom is -0.399 e. The zero-order valence-electron chi connectivity index (χ0n) is 9.23. The summed E-state index contributed by atoms with van der Waals surface area (Å²) in [5.74, 6) is -0.346. The molecule has 1 aromatic carbocycles. The van der Waals surface area contributed by atoms with Crippen LogP contribution < -0.4 is 5.73 Å². The molecule has 0 fully saturated rings. The summed E-state index contributed by atoms with van der Waals surface area (Å²) in [6.45, 7) is 1.83. The first-order valence-corrected chi connectivity index (χ1v) is 4.73. The van der Waals surface area contributed by atoms with Crippen LogP contribution in [-0.4, -0.2) is 25.1 Å². The molecule has 15 heavy (non-hydrogen) atoms. The van der Waals surface area contributed by atoms with E-state index in [2.05, 4.69) is 0 Å². The van der Waals surface area contributed by atoms with E-state index >= 15 is 0 Å². The molecule has 1 atom stereocenters. The summed E-state index contributed by atoms with van der Waals surface area (Å²) in [5.41, 5.74) is 7.20. The Bertz CT molecular complexity index is 352. The lowest BCUT2D eigenvalue weighted by atomic mass is 10.00. The van der Waals surface area contributed by atoms with Crippen LogP contribution in [0.3, 0.4) is 0 Å². The van der Waals surface area contributed by atoms with Crippen molar-refractivity contribution in [1.82, 2.24) is 5.06 Å². The molecule has 0 saturated heterocycles. The van der Waals surface area contributed by atoms with Gasteiger partial charge in [0, 0.05) is 12.7 Å². The van der Waals surface area contributed by atoms with Gasteiger partial charge in [-0.05, 0) is 24.6 Å². The highest BCUT2D eigenvalue weighted by molar-refractivity contribution is 5.82. The quantitative estimate of drug-likeness (QED) is 0.603. The number of hydrogen-bond donors (Lipinski definition) is 1. The van der Waals surface area contributed by atoms with E-state index in [9.17, 15) is 4.79 Å². The van der Waals surface area contributed by atoms with Crippen LogP contribution in [0.15, 0.2) is 24.3 Å². The standard InChI is InChI=1S/C11H16N2O2/c1-8(11(14)13(2)15-3)9-5-4-6-10(12)7-9/h4-8H,12H2,1-3H3. The van der Waals surface area contributed by atoms with Crippen LogP contribution in [0.1, 0.15) is 18.4 Å². The molecule has 0 bridgehead atoms. The van der Waals surface area contributed by atoms with Gasteiger partial charge in [0.15, 0.2) is 0 Å². The number of rotatable bonds is 3. The summed E-state index contributed by atoms with van der Waals surface area (Å²) in [6.07, 6.45) is 0.